The molecular formula is C21H20FNO3. The molecule has 1 aliphatic carbocycles. The number of aliphatic hydroxyl groups excluding tert-OH is 2. The number of hydrogen-bond donors (Lipinski definition) is 2. The van der Waals surface area contributed by atoms with Crippen molar-refractivity contribution < 1.29 is 19.4 Å². The van der Waals surface area contributed by atoms with Crippen LogP contribution in [0.4, 0.5) is 10.1 Å². The summed E-state index contributed by atoms with van der Waals surface area (Å²) in [5, 5.41) is 19.0. The minimum absolute atomic E-state index is 0.0433. The molecule has 1 aliphatic heterocycles. The van der Waals surface area contributed by atoms with Crippen molar-refractivity contribution in [3.63, 3.8) is 0 Å². The summed E-state index contributed by atoms with van der Waals surface area (Å²) in [5.74, 6) is -0.580. The predicted octanol–water partition coefficient (Wildman–Crippen LogP) is 2.88. The van der Waals surface area contributed by atoms with Crippen LogP contribution in [0.15, 0.2) is 53.7 Å². The van der Waals surface area contributed by atoms with E-state index in [0.29, 0.717) is 25.0 Å². The number of fused-ring (bicyclic) bond motifs is 1. The van der Waals surface area contributed by atoms with E-state index >= 15 is 0 Å². The Morgan fingerprint density at radius 3 is 2.69 bits per heavy atom. The van der Waals surface area contributed by atoms with Crippen LogP contribution < -0.4 is 4.90 Å². The van der Waals surface area contributed by atoms with Gasteiger partial charge in [-0.1, -0.05) is 24.3 Å². The molecule has 26 heavy (non-hydrogen) atoms. The van der Waals surface area contributed by atoms with E-state index in [4.69, 9.17) is 0 Å². The molecule has 4 rings (SSSR count). The van der Waals surface area contributed by atoms with E-state index in [1.165, 1.54) is 12.1 Å². The van der Waals surface area contributed by atoms with Gasteiger partial charge in [-0.25, -0.2) is 4.39 Å². The third-order valence-corrected chi connectivity index (χ3v) is 5.20. The van der Waals surface area contributed by atoms with Crippen molar-refractivity contribution in [2.75, 3.05) is 18.1 Å². The second kappa shape index (κ2) is 6.67. The highest BCUT2D eigenvalue weighted by Crippen LogP contribution is 2.49. The molecule has 134 valence electrons. The van der Waals surface area contributed by atoms with Crippen LogP contribution in [-0.2, 0) is 11.4 Å². The maximum Gasteiger partial charge on any atom is 0.161 e. The Labute approximate surface area is 151 Å². The number of nitrogens with zero attached hydrogens (tertiary/aromatic N) is 1. The van der Waals surface area contributed by atoms with Crippen molar-refractivity contribution in [2.45, 2.75) is 25.4 Å². The lowest BCUT2D eigenvalue weighted by Gasteiger charge is -2.37. The van der Waals surface area contributed by atoms with Crippen molar-refractivity contribution >= 4 is 11.5 Å². The molecule has 1 unspecified atom stereocenters. The first kappa shape index (κ1) is 16.9. The van der Waals surface area contributed by atoms with Crippen LogP contribution in [0.1, 0.15) is 35.4 Å². The highest BCUT2D eigenvalue weighted by molar-refractivity contribution is 6.03. The molecule has 0 spiro atoms. The van der Waals surface area contributed by atoms with Crippen molar-refractivity contribution in [2.24, 2.45) is 0 Å². The van der Waals surface area contributed by atoms with Crippen LogP contribution in [-0.4, -0.2) is 29.1 Å². The van der Waals surface area contributed by atoms with Gasteiger partial charge in [0.15, 0.2) is 5.78 Å². The van der Waals surface area contributed by atoms with Gasteiger partial charge >= 0.3 is 0 Å². The van der Waals surface area contributed by atoms with Crippen molar-refractivity contribution in [1.82, 2.24) is 0 Å². The lowest BCUT2D eigenvalue weighted by molar-refractivity contribution is -0.115. The first-order valence-corrected chi connectivity index (χ1v) is 8.78. The van der Waals surface area contributed by atoms with Crippen molar-refractivity contribution in [3.05, 3.63) is 76.2 Å². The van der Waals surface area contributed by atoms with Gasteiger partial charge in [0.1, 0.15) is 5.82 Å². The molecule has 0 amide bonds. The molecule has 0 radical (unpaired) electrons. The third kappa shape index (κ3) is 2.64. The van der Waals surface area contributed by atoms with Crippen LogP contribution in [0, 0.1) is 5.82 Å². The topological polar surface area (TPSA) is 60.8 Å². The van der Waals surface area contributed by atoms with Gasteiger partial charge in [0.25, 0.3) is 0 Å². The molecule has 2 aliphatic rings. The number of aliphatic hydroxyl groups is 2. The molecule has 2 aromatic carbocycles. The summed E-state index contributed by atoms with van der Waals surface area (Å²) in [4.78, 5) is 14.7. The number of carbonyl (C=O) groups is 1. The van der Waals surface area contributed by atoms with Gasteiger partial charge < -0.3 is 15.1 Å². The maximum atomic E-state index is 13.9. The quantitative estimate of drug-likeness (QED) is 0.887. The summed E-state index contributed by atoms with van der Waals surface area (Å²) in [7, 11) is 0. The van der Waals surface area contributed by atoms with E-state index in [-0.39, 0.29) is 30.7 Å². The fraction of sp³-hybridized carbons (Fsp3) is 0.286. The summed E-state index contributed by atoms with van der Waals surface area (Å²) in [5.41, 5.74) is 4.88. The van der Waals surface area contributed by atoms with Gasteiger partial charge in [0.05, 0.1) is 13.2 Å². The van der Waals surface area contributed by atoms with E-state index in [2.05, 4.69) is 0 Å². The standard InChI is InChI=1S/C21H20FNO3/c22-15-3-1-2-14(11-15)20-16-5-4-13(12-25)10-18(16)23(8-9-24)17-6-7-19(26)21(17)20/h1-5,10-11,20,24-25H,6-9,12H2. The Morgan fingerprint density at radius 1 is 1.12 bits per heavy atom. The van der Waals surface area contributed by atoms with Gasteiger partial charge in [-0.3, -0.25) is 4.79 Å². The largest absolute Gasteiger partial charge is 0.395 e. The smallest absolute Gasteiger partial charge is 0.161 e. The number of halogens is 1. The van der Waals surface area contributed by atoms with E-state index < -0.39 is 0 Å². The van der Waals surface area contributed by atoms with Gasteiger partial charge in [-0.2, -0.15) is 0 Å². The van der Waals surface area contributed by atoms with Crippen molar-refractivity contribution in [1.29, 1.82) is 0 Å². The van der Waals surface area contributed by atoms with E-state index in [1.807, 2.05) is 29.2 Å². The summed E-state index contributed by atoms with van der Waals surface area (Å²) in [6, 6.07) is 12.0. The maximum absolute atomic E-state index is 13.9. The zero-order valence-electron chi connectivity index (χ0n) is 14.3. The third-order valence-electron chi connectivity index (χ3n) is 5.20. The molecule has 4 nitrogen and oxygen atoms in total. The van der Waals surface area contributed by atoms with E-state index in [0.717, 1.165) is 28.1 Å². The number of allylic oxidation sites excluding steroid dienone is 2. The molecule has 0 saturated heterocycles. The van der Waals surface area contributed by atoms with Crippen LogP contribution in [0.25, 0.3) is 0 Å². The number of rotatable bonds is 4. The number of carbonyl (C=O) groups excluding carboxylic acids is 1. The molecule has 0 aromatic heterocycles. The SMILES string of the molecule is O=C1CCC2=C1C(c1cccc(F)c1)c1ccc(CO)cc1N2CCO. The average molecular weight is 353 g/mol. The first-order valence-electron chi connectivity index (χ1n) is 8.78. The lowest BCUT2D eigenvalue weighted by atomic mass is 9.79. The number of anilines is 1. The van der Waals surface area contributed by atoms with Gasteiger partial charge in [-0.15, -0.1) is 0 Å². The van der Waals surface area contributed by atoms with E-state index in [1.54, 1.807) is 6.07 Å². The van der Waals surface area contributed by atoms with Crippen LogP contribution >= 0.6 is 0 Å². The Hall–Kier alpha value is -2.50. The molecule has 1 heterocycles. The molecule has 2 aromatic rings. The minimum Gasteiger partial charge on any atom is -0.395 e. The van der Waals surface area contributed by atoms with Crippen LogP contribution in [0.2, 0.25) is 0 Å². The normalized spacial score (nSPS) is 19.0. The Morgan fingerprint density at radius 2 is 1.96 bits per heavy atom. The highest BCUT2D eigenvalue weighted by Gasteiger charge is 2.40. The zero-order chi connectivity index (χ0) is 18.3. The summed E-state index contributed by atoms with van der Waals surface area (Å²) in [6.07, 6.45) is 1.04. The molecule has 1 atom stereocenters. The van der Waals surface area contributed by atoms with E-state index in [9.17, 15) is 19.4 Å². The lowest BCUT2D eigenvalue weighted by Crippen LogP contribution is -2.32. The Bertz CT molecular complexity index is 906. The fourth-order valence-corrected chi connectivity index (χ4v) is 4.12. The molecule has 2 N–H and O–H groups in total. The summed E-state index contributed by atoms with van der Waals surface area (Å²) in [6.45, 7) is 0.248. The number of ketones is 1. The first-order chi connectivity index (χ1) is 12.6. The monoisotopic (exact) mass is 353 g/mol. The summed E-state index contributed by atoms with van der Waals surface area (Å²) < 4.78 is 13.9. The predicted molar refractivity (Wildman–Crippen MR) is 96.3 cm³/mol. The number of Topliss-reactive ketones (excluding diaryl/α,β-unsaturated/α-hetero) is 1. The highest BCUT2D eigenvalue weighted by atomic mass is 19.1. The van der Waals surface area contributed by atoms with Gasteiger partial charge in [0.2, 0.25) is 0 Å². The Balaban J connectivity index is 1.96. The molecule has 0 fully saturated rings. The molecule has 0 bridgehead atoms. The van der Waals surface area contributed by atoms with Gasteiger partial charge in [0, 0.05) is 35.8 Å². The fourth-order valence-electron chi connectivity index (χ4n) is 4.12. The number of β-amino-alcohol motifs (C(OH)–C–C–N with tert-alkyl or cyclic N) is 1. The second-order valence-corrected chi connectivity index (χ2v) is 6.70. The molecule has 5 heteroatoms. The summed E-state index contributed by atoms with van der Waals surface area (Å²) >= 11 is 0. The zero-order valence-corrected chi connectivity index (χ0v) is 14.3. The van der Waals surface area contributed by atoms with Crippen LogP contribution in [0.3, 0.4) is 0 Å². The van der Waals surface area contributed by atoms with Gasteiger partial charge in [-0.05, 0) is 41.3 Å². The number of hydrogen-bond acceptors (Lipinski definition) is 4. The molecular weight excluding hydrogens is 333 g/mol. The minimum atomic E-state index is -0.332. The average Bonchev–Trinajstić information content (AvgIpc) is 3.03. The Kier molecular flexibility index (Phi) is 4.34. The van der Waals surface area contributed by atoms with Crippen LogP contribution in [0.5, 0.6) is 0 Å². The molecule has 0 saturated carbocycles. The second-order valence-electron chi connectivity index (χ2n) is 6.70. The number of benzene rings is 2. The van der Waals surface area contributed by atoms with Crippen molar-refractivity contribution in [3.8, 4) is 0 Å².